The second-order valence-corrected chi connectivity index (χ2v) is 5.06. The van der Waals surface area contributed by atoms with Gasteiger partial charge in [0.2, 0.25) is 0 Å². The Bertz CT molecular complexity index is 627. The molecule has 0 N–H and O–H groups in total. The molecule has 0 radical (unpaired) electrons. The summed E-state index contributed by atoms with van der Waals surface area (Å²) in [5.41, 5.74) is 3.71. The summed E-state index contributed by atoms with van der Waals surface area (Å²) in [4.78, 5) is 4.08. The van der Waals surface area contributed by atoms with Crippen molar-refractivity contribution in [1.29, 1.82) is 5.26 Å². The van der Waals surface area contributed by atoms with Crippen molar-refractivity contribution < 1.29 is 0 Å². The van der Waals surface area contributed by atoms with Crippen LogP contribution in [0.5, 0.6) is 0 Å². The molecule has 3 heterocycles. The van der Waals surface area contributed by atoms with Crippen molar-refractivity contribution in [2.24, 2.45) is 0 Å². The lowest BCUT2D eigenvalue weighted by Gasteiger charge is -2.06. The van der Waals surface area contributed by atoms with E-state index in [0.29, 0.717) is 5.15 Å². The van der Waals surface area contributed by atoms with Crippen LogP contribution in [0.1, 0.15) is 11.3 Å². The van der Waals surface area contributed by atoms with Gasteiger partial charge in [0.05, 0.1) is 17.1 Å². The molecule has 0 aromatic carbocycles. The molecular formula is C12H8ClN3S. The van der Waals surface area contributed by atoms with Crippen LogP contribution in [0, 0.1) is 11.3 Å². The molecule has 84 valence electrons. The Morgan fingerprint density at radius 2 is 2.41 bits per heavy atom. The number of aromatic nitrogens is 2. The molecule has 0 amide bonds. The zero-order valence-corrected chi connectivity index (χ0v) is 10.4. The number of hydrogen-bond acceptors (Lipinski definition) is 3. The molecule has 0 spiro atoms. The normalized spacial score (nSPS) is 13.4. The van der Waals surface area contributed by atoms with Gasteiger partial charge in [-0.25, -0.2) is 4.98 Å². The van der Waals surface area contributed by atoms with Gasteiger partial charge in [0, 0.05) is 23.2 Å². The Kier molecular flexibility index (Phi) is 2.58. The molecule has 0 saturated heterocycles. The highest BCUT2D eigenvalue weighted by Gasteiger charge is 2.21. The number of halogens is 1. The molecule has 0 fully saturated rings. The summed E-state index contributed by atoms with van der Waals surface area (Å²) in [5, 5.41) is 9.59. The summed E-state index contributed by atoms with van der Waals surface area (Å²) in [6.45, 7) is 0. The average Bonchev–Trinajstić information content (AvgIpc) is 2.91. The van der Waals surface area contributed by atoms with Crippen LogP contribution in [-0.2, 0) is 11.6 Å². The highest BCUT2D eigenvalue weighted by Crippen LogP contribution is 2.36. The molecule has 2 aromatic rings. The van der Waals surface area contributed by atoms with Crippen molar-refractivity contribution in [3.8, 4) is 17.3 Å². The molecule has 0 unspecified atom stereocenters. The number of nitriles is 1. The van der Waals surface area contributed by atoms with Crippen molar-refractivity contribution in [2.45, 2.75) is 11.6 Å². The largest absolute Gasteiger partial charge is 0.333 e. The van der Waals surface area contributed by atoms with Gasteiger partial charge in [0.1, 0.15) is 11.2 Å². The van der Waals surface area contributed by atoms with Crippen molar-refractivity contribution in [3.05, 3.63) is 40.8 Å². The lowest BCUT2D eigenvalue weighted by atomic mass is 10.2. The van der Waals surface area contributed by atoms with E-state index in [-0.39, 0.29) is 0 Å². The van der Waals surface area contributed by atoms with Crippen LogP contribution < -0.4 is 0 Å². The van der Waals surface area contributed by atoms with Gasteiger partial charge in [-0.3, -0.25) is 0 Å². The molecule has 1 aliphatic rings. The predicted octanol–water partition coefficient (Wildman–Crippen LogP) is 3.28. The van der Waals surface area contributed by atoms with E-state index in [2.05, 4.69) is 15.6 Å². The number of hydrogen-bond donors (Lipinski definition) is 0. The summed E-state index contributed by atoms with van der Waals surface area (Å²) in [6, 6.07) is 7.93. The van der Waals surface area contributed by atoms with Crippen LogP contribution in [-0.4, -0.2) is 9.55 Å². The Morgan fingerprint density at radius 1 is 1.53 bits per heavy atom. The first-order valence-electron chi connectivity index (χ1n) is 5.12. The Labute approximate surface area is 108 Å². The molecule has 0 atom stereocenters. The fourth-order valence-electron chi connectivity index (χ4n) is 2.02. The van der Waals surface area contributed by atoms with Crippen LogP contribution in [0.3, 0.4) is 0 Å². The van der Waals surface area contributed by atoms with Gasteiger partial charge in [-0.15, -0.1) is 11.8 Å². The van der Waals surface area contributed by atoms with E-state index in [9.17, 15) is 0 Å². The third-order valence-electron chi connectivity index (χ3n) is 2.82. The predicted molar refractivity (Wildman–Crippen MR) is 68.7 cm³/mol. The van der Waals surface area contributed by atoms with Gasteiger partial charge in [0.15, 0.2) is 0 Å². The first-order valence-corrected chi connectivity index (χ1v) is 6.65. The highest BCUT2D eigenvalue weighted by atomic mass is 35.5. The summed E-state index contributed by atoms with van der Waals surface area (Å²) in [5.74, 6) is 1.76. The zero-order chi connectivity index (χ0) is 11.8. The molecule has 1 aliphatic heterocycles. The molecule has 3 nitrogen and oxygen atoms in total. The van der Waals surface area contributed by atoms with Crippen LogP contribution in [0.4, 0.5) is 0 Å². The van der Waals surface area contributed by atoms with Gasteiger partial charge in [-0.2, -0.15) is 5.26 Å². The molecular weight excluding hydrogens is 254 g/mol. The summed E-state index contributed by atoms with van der Waals surface area (Å²) in [6.07, 6.45) is 1.67. The highest BCUT2D eigenvalue weighted by molar-refractivity contribution is 7.97. The molecule has 0 bridgehead atoms. The Morgan fingerprint density at radius 3 is 3.18 bits per heavy atom. The van der Waals surface area contributed by atoms with E-state index >= 15 is 0 Å². The molecule has 2 aromatic heterocycles. The number of rotatable bonds is 1. The molecule has 5 heteroatoms. The minimum Gasteiger partial charge on any atom is -0.333 e. The van der Waals surface area contributed by atoms with E-state index in [1.165, 1.54) is 0 Å². The fourth-order valence-corrected chi connectivity index (χ4v) is 3.31. The Balaban J connectivity index is 2.24. The van der Waals surface area contributed by atoms with Crippen molar-refractivity contribution in [1.82, 2.24) is 9.55 Å². The van der Waals surface area contributed by atoms with Gasteiger partial charge in [0.25, 0.3) is 0 Å². The first-order chi connectivity index (χ1) is 8.31. The molecule has 0 aliphatic carbocycles. The number of thioether (sulfide) groups is 1. The lowest BCUT2D eigenvalue weighted by Crippen LogP contribution is -1.95. The number of pyridine rings is 1. The summed E-state index contributed by atoms with van der Waals surface area (Å²) < 4.78 is 2.14. The SMILES string of the molecule is N#Cc1cc(-c2cccnc2Cl)n2c1CSC2. The topological polar surface area (TPSA) is 41.6 Å². The zero-order valence-electron chi connectivity index (χ0n) is 8.85. The third-order valence-corrected chi connectivity index (χ3v) is 4.04. The molecule has 0 saturated carbocycles. The van der Waals surface area contributed by atoms with Crippen LogP contribution in [0.15, 0.2) is 24.4 Å². The molecule has 17 heavy (non-hydrogen) atoms. The maximum absolute atomic E-state index is 9.11. The second-order valence-electron chi connectivity index (χ2n) is 3.75. The van der Waals surface area contributed by atoms with Crippen LogP contribution in [0.2, 0.25) is 5.15 Å². The summed E-state index contributed by atoms with van der Waals surface area (Å²) in [7, 11) is 0. The minimum absolute atomic E-state index is 0.481. The van der Waals surface area contributed by atoms with Crippen molar-refractivity contribution >= 4 is 23.4 Å². The number of fused-ring (bicyclic) bond motifs is 1. The standard InChI is InChI=1S/C12H8ClN3S/c13-12-9(2-1-3-15-12)10-4-8(5-14)11-6-17-7-16(10)11/h1-4H,6-7H2. The fraction of sp³-hybridized carbons (Fsp3) is 0.167. The van der Waals surface area contributed by atoms with Crippen LogP contribution >= 0.6 is 23.4 Å². The second kappa shape index (κ2) is 4.10. The lowest BCUT2D eigenvalue weighted by molar-refractivity contribution is 0.894. The van der Waals surface area contributed by atoms with E-state index in [0.717, 1.165) is 34.1 Å². The average molecular weight is 262 g/mol. The van der Waals surface area contributed by atoms with Crippen LogP contribution in [0.25, 0.3) is 11.3 Å². The van der Waals surface area contributed by atoms with Crippen molar-refractivity contribution in [2.75, 3.05) is 0 Å². The Hall–Kier alpha value is -1.44. The van der Waals surface area contributed by atoms with E-state index in [1.54, 1.807) is 18.0 Å². The first kappa shape index (κ1) is 10.7. The van der Waals surface area contributed by atoms with Gasteiger partial charge in [-0.05, 0) is 18.2 Å². The van der Waals surface area contributed by atoms with E-state index < -0.39 is 0 Å². The third kappa shape index (κ3) is 1.63. The van der Waals surface area contributed by atoms with Gasteiger partial charge >= 0.3 is 0 Å². The van der Waals surface area contributed by atoms with E-state index in [4.69, 9.17) is 16.9 Å². The van der Waals surface area contributed by atoms with Crippen molar-refractivity contribution in [3.63, 3.8) is 0 Å². The number of nitrogens with zero attached hydrogens (tertiary/aromatic N) is 3. The monoisotopic (exact) mass is 261 g/mol. The maximum atomic E-state index is 9.11. The van der Waals surface area contributed by atoms with Gasteiger partial charge in [-0.1, -0.05) is 11.6 Å². The molecule has 3 rings (SSSR count). The quantitative estimate of drug-likeness (QED) is 0.740. The maximum Gasteiger partial charge on any atom is 0.138 e. The minimum atomic E-state index is 0.481. The van der Waals surface area contributed by atoms with E-state index in [1.807, 2.05) is 18.2 Å². The smallest absolute Gasteiger partial charge is 0.138 e. The van der Waals surface area contributed by atoms with Gasteiger partial charge < -0.3 is 4.57 Å². The summed E-state index contributed by atoms with van der Waals surface area (Å²) >= 11 is 7.90.